The van der Waals surface area contributed by atoms with Crippen molar-refractivity contribution < 1.29 is 9.59 Å². The molecule has 2 amide bonds. The molecule has 0 aliphatic heterocycles. The fourth-order valence-corrected chi connectivity index (χ4v) is 1.02. The molecule has 76 valence electrons. The largest absolute Gasteiger partial charge is 0.359 e. The Kier molecular flexibility index (Phi) is 5.11. The average Bonchev–Trinajstić information content (AvgIpc) is 2.02. The van der Waals surface area contributed by atoms with Gasteiger partial charge in [0.2, 0.25) is 11.8 Å². The van der Waals surface area contributed by atoms with Gasteiger partial charge < -0.3 is 10.6 Å². The van der Waals surface area contributed by atoms with Gasteiger partial charge in [-0.1, -0.05) is 13.8 Å². The highest BCUT2D eigenvalue weighted by Gasteiger charge is 2.17. The Morgan fingerprint density at radius 2 is 1.85 bits per heavy atom. The predicted molar refractivity (Wildman–Crippen MR) is 51.1 cm³/mol. The maximum atomic E-state index is 11.0. The van der Waals surface area contributed by atoms with E-state index in [-0.39, 0.29) is 23.8 Å². The summed E-state index contributed by atoms with van der Waals surface area (Å²) in [6.45, 7) is 5.41. The van der Waals surface area contributed by atoms with Crippen molar-refractivity contribution in [2.45, 2.75) is 33.2 Å². The summed E-state index contributed by atoms with van der Waals surface area (Å²) < 4.78 is 0. The molecule has 1 atom stereocenters. The lowest BCUT2D eigenvalue weighted by molar-refractivity contribution is -0.122. The van der Waals surface area contributed by atoms with Gasteiger partial charge >= 0.3 is 0 Å². The molecule has 0 aromatic rings. The van der Waals surface area contributed by atoms with Crippen LogP contribution >= 0.6 is 0 Å². The minimum Gasteiger partial charge on any atom is -0.359 e. The van der Waals surface area contributed by atoms with Crippen molar-refractivity contribution >= 4 is 11.8 Å². The van der Waals surface area contributed by atoms with E-state index in [4.69, 9.17) is 0 Å². The SMILES string of the molecule is CNC(=O)C[C@H](NC(C)=O)C(C)C. The molecular weight excluding hydrogens is 168 g/mol. The zero-order valence-corrected chi connectivity index (χ0v) is 8.68. The second kappa shape index (κ2) is 5.56. The van der Waals surface area contributed by atoms with Gasteiger partial charge in [0.05, 0.1) is 0 Å². The Bertz CT molecular complexity index is 190. The van der Waals surface area contributed by atoms with Gasteiger partial charge in [0.25, 0.3) is 0 Å². The van der Waals surface area contributed by atoms with Crippen molar-refractivity contribution in [3.63, 3.8) is 0 Å². The molecule has 0 heterocycles. The van der Waals surface area contributed by atoms with Crippen LogP contribution in [0.5, 0.6) is 0 Å². The molecule has 0 aliphatic rings. The third kappa shape index (κ3) is 5.22. The predicted octanol–water partition coefficient (Wildman–Crippen LogP) is 0.283. The minimum atomic E-state index is -0.0948. The highest BCUT2D eigenvalue weighted by Crippen LogP contribution is 2.05. The van der Waals surface area contributed by atoms with Crippen molar-refractivity contribution in [2.75, 3.05) is 7.05 Å². The first-order valence-corrected chi connectivity index (χ1v) is 4.45. The molecule has 4 heteroatoms. The molecule has 0 spiro atoms. The first kappa shape index (κ1) is 11.9. The maximum Gasteiger partial charge on any atom is 0.221 e. The monoisotopic (exact) mass is 186 g/mol. The fourth-order valence-electron chi connectivity index (χ4n) is 1.02. The topological polar surface area (TPSA) is 58.2 Å². The highest BCUT2D eigenvalue weighted by atomic mass is 16.2. The molecule has 0 radical (unpaired) electrons. The summed E-state index contributed by atoms with van der Waals surface area (Å²) in [5.74, 6) is 0.122. The highest BCUT2D eigenvalue weighted by molar-refractivity contribution is 5.78. The van der Waals surface area contributed by atoms with Gasteiger partial charge in [-0.25, -0.2) is 0 Å². The molecule has 0 aromatic carbocycles. The van der Waals surface area contributed by atoms with Crippen LogP contribution in [-0.4, -0.2) is 24.9 Å². The van der Waals surface area contributed by atoms with Crippen LogP contribution in [0, 0.1) is 5.92 Å². The van der Waals surface area contributed by atoms with Crippen LogP contribution in [0.3, 0.4) is 0 Å². The summed E-state index contributed by atoms with van der Waals surface area (Å²) in [5.41, 5.74) is 0. The molecule has 0 fully saturated rings. The quantitative estimate of drug-likeness (QED) is 0.662. The standard InChI is InChI=1S/C9H18N2O2/c1-6(2)8(11-7(3)12)5-9(13)10-4/h6,8H,5H2,1-4H3,(H,10,13)(H,11,12)/t8-/m0/s1. The van der Waals surface area contributed by atoms with Crippen LogP contribution in [0.4, 0.5) is 0 Å². The second-order valence-electron chi connectivity index (χ2n) is 3.43. The number of carbonyl (C=O) groups is 2. The van der Waals surface area contributed by atoms with Gasteiger partial charge in [0.1, 0.15) is 0 Å². The molecule has 13 heavy (non-hydrogen) atoms. The van der Waals surface area contributed by atoms with E-state index in [1.807, 2.05) is 13.8 Å². The molecule has 0 aliphatic carbocycles. The minimum absolute atomic E-state index is 0.0487. The third-order valence-electron chi connectivity index (χ3n) is 1.88. The number of hydrogen-bond acceptors (Lipinski definition) is 2. The van der Waals surface area contributed by atoms with Gasteiger partial charge in [0, 0.05) is 26.4 Å². The van der Waals surface area contributed by atoms with Gasteiger partial charge in [-0.15, -0.1) is 0 Å². The van der Waals surface area contributed by atoms with E-state index >= 15 is 0 Å². The molecule has 0 rings (SSSR count). The number of rotatable bonds is 4. The van der Waals surface area contributed by atoms with Gasteiger partial charge in [-0.3, -0.25) is 9.59 Å². The Morgan fingerprint density at radius 3 is 2.15 bits per heavy atom. The summed E-state index contributed by atoms with van der Waals surface area (Å²) in [7, 11) is 1.59. The molecule has 0 unspecified atom stereocenters. The van der Waals surface area contributed by atoms with Gasteiger partial charge in [0.15, 0.2) is 0 Å². The molecule has 2 N–H and O–H groups in total. The van der Waals surface area contributed by atoms with Crippen LogP contribution < -0.4 is 10.6 Å². The number of carbonyl (C=O) groups excluding carboxylic acids is 2. The van der Waals surface area contributed by atoms with E-state index in [1.54, 1.807) is 7.05 Å². The fraction of sp³-hybridized carbons (Fsp3) is 0.778. The Balaban J connectivity index is 4.09. The van der Waals surface area contributed by atoms with Crippen molar-refractivity contribution in [1.82, 2.24) is 10.6 Å². The van der Waals surface area contributed by atoms with E-state index in [9.17, 15) is 9.59 Å². The van der Waals surface area contributed by atoms with Crippen molar-refractivity contribution in [3.8, 4) is 0 Å². The van der Waals surface area contributed by atoms with Crippen molar-refractivity contribution in [1.29, 1.82) is 0 Å². The summed E-state index contributed by atoms with van der Waals surface area (Å²) in [4.78, 5) is 21.8. The molecule has 0 aromatic heterocycles. The normalized spacial score (nSPS) is 12.4. The number of nitrogens with one attached hydrogen (secondary N) is 2. The van der Waals surface area contributed by atoms with Crippen LogP contribution in [0.2, 0.25) is 0 Å². The van der Waals surface area contributed by atoms with Crippen LogP contribution in [-0.2, 0) is 9.59 Å². The lowest BCUT2D eigenvalue weighted by Crippen LogP contribution is -2.40. The van der Waals surface area contributed by atoms with E-state index < -0.39 is 0 Å². The number of hydrogen-bond donors (Lipinski definition) is 2. The molecular formula is C9H18N2O2. The van der Waals surface area contributed by atoms with Crippen LogP contribution in [0.15, 0.2) is 0 Å². The summed E-state index contributed by atoms with van der Waals surface area (Å²) in [6, 6.07) is -0.0718. The summed E-state index contributed by atoms with van der Waals surface area (Å²) >= 11 is 0. The van der Waals surface area contributed by atoms with E-state index in [0.717, 1.165) is 0 Å². The molecule has 0 bridgehead atoms. The average molecular weight is 186 g/mol. The Morgan fingerprint density at radius 1 is 1.31 bits per heavy atom. The van der Waals surface area contributed by atoms with E-state index in [1.165, 1.54) is 6.92 Å². The zero-order chi connectivity index (χ0) is 10.4. The van der Waals surface area contributed by atoms with Crippen molar-refractivity contribution in [3.05, 3.63) is 0 Å². The first-order chi connectivity index (χ1) is 5.97. The zero-order valence-electron chi connectivity index (χ0n) is 8.68. The third-order valence-corrected chi connectivity index (χ3v) is 1.88. The van der Waals surface area contributed by atoms with E-state index in [0.29, 0.717) is 6.42 Å². The van der Waals surface area contributed by atoms with Gasteiger partial charge in [-0.2, -0.15) is 0 Å². The molecule has 0 saturated heterocycles. The lowest BCUT2D eigenvalue weighted by Gasteiger charge is -2.20. The summed E-state index contributed by atoms with van der Waals surface area (Å²) in [6.07, 6.45) is 0.341. The van der Waals surface area contributed by atoms with Crippen LogP contribution in [0.1, 0.15) is 27.2 Å². The smallest absolute Gasteiger partial charge is 0.221 e. The second-order valence-corrected chi connectivity index (χ2v) is 3.43. The van der Waals surface area contributed by atoms with Gasteiger partial charge in [-0.05, 0) is 5.92 Å². The lowest BCUT2D eigenvalue weighted by atomic mass is 10.0. The van der Waals surface area contributed by atoms with Crippen LogP contribution in [0.25, 0.3) is 0 Å². The Hall–Kier alpha value is -1.06. The van der Waals surface area contributed by atoms with Crippen molar-refractivity contribution in [2.24, 2.45) is 5.92 Å². The molecule has 0 saturated carbocycles. The molecule has 4 nitrogen and oxygen atoms in total. The Labute approximate surface area is 79.1 Å². The number of amides is 2. The maximum absolute atomic E-state index is 11.0. The summed E-state index contributed by atoms with van der Waals surface area (Å²) in [5, 5.41) is 5.28. The first-order valence-electron chi connectivity index (χ1n) is 4.45. The van der Waals surface area contributed by atoms with E-state index in [2.05, 4.69) is 10.6 Å².